The Bertz CT molecular complexity index is 522. The molecule has 88 valence electrons. The Morgan fingerprint density at radius 3 is 1.82 bits per heavy atom. The standard InChI is InChI=1S/C12H13N3OS/c13-9-1-5-11(6-2-9)15-17(16)12-7-3-10(14)4-8-12/h1-8,15H,13-14H2. The third-order valence-corrected chi connectivity index (χ3v) is 3.34. The van der Waals surface area contributed by atoms with E-state index in [1.54, 1.807) is 48.5 Å². The minimum Gasteiger partial charge on any atom is -0.399 e. The fourth-order valence-electron chi connectivity index (χ4n) is 1.31. The van der Waals surface area contributed by atoms with Gasteiger partial charge in [-0.15, -0.1) is 0 Å². The fraction of sp³-hybridized carbons (Fsp3) is 0. The molecule has 5 heteroatoms. The van der Waals surface area contributed by atoms with Gasteiger partial charge in [0.1, 0.15) is 11.0 Å². The molecular weight excluding hydrogens is 234 g/mol. The lowest BCUT2D eigenvalue weighted by Gasteiger charge is -2.06. The van der Waals surface area contributed by atoms with Crippen molar-refractivity contribution in [1.29, 1.82) is 0 Å². The summed E-state index contributed by atoms with van der Waals surface area (Å²) in [6, 6.07) is 14.0. The van der Waals surface area contributed by atoms with Gasteiger partial charge in [0.05, 0.1) is 4.90 Å². The van der Waals surface area contributed by atoms with Crippen molar-refractivity contribution < 1.29 is 4.21 Å². The van der Waals surface area contributed by atoms with Gasteiger partial charge in [0, 0.05) is 17.1 Å². The van der Waals surface area contributed by atoms with Crippen molar-refractivity contribution in [3.05, 3.63) is 48.5 Å². The molecule has 0 spiro atoms. The van der Waals surface area contributed by atoms with Crippen LogP contribution >= 0.6 is 0 Å². The summed E-state index contributed by atoms with van der Waals surface area (Å²) < 4.78 is 14.8. The van der Waals surface area contributed by atoms with Gasteiger partial charge in [-0.25, -0.2) is 4.21 Å². The van der Waals surface area contributed by atoms with Gasteiger partial charge in [0.2, 0.25) is 0 Å². The molecule has 1 atom stereocenters. The Kier molecular flexibility index (Phi) is 3.30. The summed E-state index contributed by atoms with van der Waals surface area (Å²) in [5.41, 5.74) is 13.2. The van der Waals surface area contributed by atoms with Crippen LogP contribution in [-0.4, -0.2) is 4.21 Å². The highest BCUT2D eigenvalue weighted by Gasteiger charge is 2.03. The van der Waals surface area contributed by atoms with Gasteiger partial charge < -0.3 is 16.2 Å². The van der Waals surface area contributed by atoms with E-state index in [1.165, 1.54) is 0 Å². The maximum absolute atomic E-state index is 11.9. The van der Waals surface area contributed by atoms with Gasteiger partial charge in [0.15, 0.2) is 0 Å². The van der Waals surface area contributed by atoms with Crippen molar-refractivity contribution in [1.82, 2.24) is 0 Å². The summed E-state index contributed by atoms with van der Waals surface area (Å²) in [6.45, 7) is 0. The van der Waals surface area contributed by atoms with Crippen molar-refractivity contribution >= 4 is 28.0 Å². The number of hydrogen-bond donors (Lipinski definition) is 3. The molecule has 0 fully saturated rings. The predicted molar refractivity (Wildman–Crippen MR) is 71.7 cm³/mol. The summed E-state index contributed by atoms with van der Waals surface area (Å²) in [5, 5.41) is 0. The third-order valence-electron chi connectivity index (χ3n) is 2.22. The van der Waals surface area contributed by atoms with E-state index < -0.39 is 11.0 Å². The first kappa shape index (κ1) is 11.5. The van der Waals surface area contributed by atoms with Crippen LogP contribution in [0.3, 0.4) is 0 Å². The monoisotopic (exact) mass is 247 g/mol. The average molecular weight is 247 g/mol. The molecule has 0 aliphatic heterocycles. The highest BCUT2D eigenvalue weighted by molar-refractivity contribution is 7.86. The Morgan fingerprint density at radius 2 is 1.29 bits per heavy atom. The van der Waals surface area contributed by atoms with Crippen molar-refractivity contribution in [2.24, 2.45) is 0 Å². The molecule has 4 nitrogen and oxygen atoms in total. The van der Waals surface area contributed by atoms with E-state index in [1.807, 2.05) is 0 Å². The molecular formula is C12H13N3OS. The van der Waals surface area contributed by atoms with Gasteiger partial charge in [-0.1, -0.05) is 0 Å². The first-order chi connectivity index (χ1) is 8.15. The lowest BCUT2D eigenvalue weighted by molar-refractivity contribution is 0.686. The fourth-order valence-corrected chi connectivity index (χ4v) is 2.16. The van der Waals surface area contributed by atoms with Crippen molar-refractivity contribution in [3.63, 3.8) is 0 Å². The Balaban J connectivity index is 2.11. The molecule has 2 aromatic carbocycles. The first-order valence-corrected chi connectivity index (χ1v) is 6.19. The molecule has 2 aromatic rings. The molecule has 0 aromatic heterocycles. The second-order valence-corrected chi connectivity index (χ2v) is 4.77. The van der Waals surface area contributed by atoms with Crippen LogP contribution in [0.5, 0.6) is 0 Å². The zero-order valence-electron chi connectivity index (χ0n) is 9.09. The van der Waals surface area contributed by atoms with Crippen LogP contribution in [0.2, 0.25) is 0 Å². The Labute approximate surface area is 102 Å². The van der Waals surface area contributed by atoms with E-state index >= 15 is 0 Å². The summed E-state index contributed by atoms with van der Waals surface area (Å²) in [6.07, 6.45) is 0. The van der Waals surface area contributed by atoms with Crippen LogP contribution in [0.4, 0.5) is 17.1 Å². The molecule has 5 N–H and O–H groups in total. The van der Waals surface area contributed by atoms with Gasteiger partial charge in [-0.2, -0.15) is 0 Å². The van der Waals surface area contributed by atoms with Gasteiger partial charge in [-0.05, 0) is 48.5 Å². The van der Waals surface area contributed by atoms with Crippen LogP contribution in [0.1, 0.15) is 0 Å². The maximum Gasteiger partial charge on any atom is 0.150 e. The highest BCUT2D eigenvalue weighted by Crippen LogP contribution is 2.15. The van der Waals surface area contributed by atoms with E-state index in [-0.39, 0.29) is 0 Å². The zero-order chi connectivity index (χ0) is 12.3. The van der Waals surface area contributed by atoms with E-state index in [0.717, 1.165) is 5.69 Å². The molecule has 0 aliphatic rings. The number of nitrogen functional groups attached to an aromatic ring is 2. The number of benzene rings is 2. The predicted octanol–water partition coefficient (Wildman–Crippen LogP) is 1.99. The number of anilines is 3. The maximum atomic E-state index is 11.9. The van der Waals surface area contributed by atoms with E-state index in [4.69, 9.17) is 11.5 Å². The molecule has 17 heavy (non-hydrogen) atoms. The molecule has 0 bridgehead atoms. The minimum atomic E-state index is -1.30. The van der Waals surface area contributed by atoms with Crippen LogP contribution in [-0.2, 0) is 11.0 Å². The van der Waals surface area contributed by atoms with Crippen molar-refractivity contribution in [2.75, 3.05) is 16.2 Å². The second kappa shape index (κ2) is 4.88. The molecule has 0 saturated carbocycles. The smallest absolute Gasteiger partial charge is 0.150 e. The number of rotatable bonds is 3. The molecule has 2 rings (SSSR count). The molecule has 0 aliphatic carbocycles. The SMILES string of the molecule is Nc1ccc(NS(=O)c2ccc(N)cc2)cc1. The second-order valence-electron chi connectivity index (χ2n) is 3.56. The van der Waals surface area contributed by atoms with Crippen LogP contribution in [0, 0.1) is 0 Å². The van der Waals surface area contributed by atoms with Crippen molar-refractivity contribution in [2.45, 2.75) is 4.90 Å². The van der Waals surface area contributed by atoms with Crippen LogP contribution < -0.4 is 16.2 Å². The summed E-state index contributed by atoms with van der Waals surface area (Å²) in [4.78, 5) is 0.677. The third kappa shape index (κ3) is 2.98. The molecule has 0 saturated heterocycles. The zero-order valence-corrected chi connectivity index (χ0v) is 9.91. The first-order valence-electron chi connectivity index (χ1n) is 5.04. The summed E-state index contributed by atoms with van der Waals surface area (Å²) >= 11 is 0. The molecule has 0 heterocycles. The normalized spacial score (nSPS) is 12.0. The number of nitrogens with one attached hydrogen (secondary N) is 1. The Hall–Kier alpha value is -2.01. The topological polar surface area (TPSA) is 81.1 Å². The summed E-state index contributed by atoms with van der Waals surface area (Å²) in [7, 11) is -1.30. The van der Waals surface area contributed by atoms with E-state index in [9.17, 15) is 4.21 Å². The molecule has 0 radical (unpaired) electrons. The van der Waals surface area contributed by atoms with Crippen molar-refractivity contribution in [3.8, 4) is 0 Å². The Morgan fingerprint density at radius 1 is 0.824 bits per heavy atom. The minimum absolute atomic E-state index is 0.651. The molecule has 1 unspecified atom stereocenters. The summed E-state index contributed by atoms with van der Waals surface area (Å²) in [5.74, 6) is 0. The van der Waals surface area contributed by atoms with Crippen LogP contribution in [0.25, 0.3) is 0 Å². The number of hydrogen-bond acceptors (Lipinski definition) is 3. The highest BCUT2D eigenvalue weighted by atomic mass is 32.2. The van der Waals surface area contributed by atoms with Gasteiger partial charge in [-0.3, -0.25) is 0 Å². The largest absolute Gasteiger partial charge is 0.399 e. The quantitative estimate of drug-likeness (QED) is 0.725. The van der Waals surface area contributed by atoms with Gasteiger partial charge >= 0.3 is 0 Å². The average Bonchev–Trinajstić information content (AvgIpc) is 2.33. The van der Waals surface area contributed by atoms with E-state index in [0.29, 0.717) is 16.3 Å². The molecule has 0 amide bonds. The van der Waals surface area contributed by atoms with Crippen LogP contribution in [0.15, 0.2) is 53.4 Å². The lowest BCUT2D eigenvalue weighted by Crippen LogP contribution is -2.04. The van der Waals surface area contributed by atoms with Gasteiger partial charge in [0.25, 0.3) is 0 Å². The number of nitrogens with two attached hydrogens (primary N) is 2. The lowest BCUT2D eigenvalue weighted by atomic mass is 10.3. The van der Waals surface area contributed by atoms with E-state index in [2.05, 4.69) is 4.72 Å².